The minimum Gasteiger partial charge on any atom is -0.325 e. The van der Waals surface area contributed by atoms with Gasteiger partial charge in [0, 0.05) is 16.6 Å². The number of hydrogen-bond acceptors (Lipinski definition) is 3. The number of amides is 1. The summed E-state index contributed by atoms with van der Waals surface area (Å²) in [6.07, 6.45) is 4.51. The van der Waals surface area contributed by atoms with E-state index in [1.165, 1.54) is 23.3 Å². The van der Waals surface area contributed by atoms with Crippen molar-refractivity contribution in [1.82, 2.24) is 5.32 Å². The van der Waals surface area contributed by atoms with Crippen molar-refractivity contribution in [2.75, 3.05) is 11.6 Å². The van der Waals surface area contributed by atoms with Crippen molar-refractivity contribution in [1.29, 1.82) is 0 Å². The van der Waals surface area contributed by atoms with Crippen LogP contribution in [0, 0.1) is 5.92 Å². The molecule has 3 nitrogen and oxygen atoms in total. The van der Waals surface area contributed by atoms with Gasteiger partial charge < -0.3 is 5.32 Å². The topological polar surface area (TPSA) is 41.1 Å². The summed E-state index contributed by atoms with van der Waals surface area (Å²) >= 11 is 1.69. The lowest BCUT2D eigenvalue weighted by molar-refractivity contribution is -0.118. The second kappa shape index (κ2) is 7.86. The second-order valence-corrected chi connectivity index (χ2v) is 7.21. The Balaban J connectivity index is 1.62. The summed E-state index contributed by atoms with van der Waals surface area (Å²) in [6, 6.07) is 18.4. The molecule has 3 rings (SSSR count). The third-order valence-electron chi connectivity index (χ3n) is 4.43. The Morgan fingerprint density at radius 1 is 1.08 bits per heavy atom. The normalized spacial score (nSPS) is 16.4. The third kappa shape index (κ3) is 4.40. The quantitative estimate of drug-likeness (QED) is 0.730. The zero-order valence-electron chi connectivity index (χ0n) is 14.2. The van der Waals surface area contributed by atoms with Gasteiger partial charge in [-0.25, -0.2) is 0 Å². The fourth-order valence-corrected chi connectivity index (χ4v) is 3.27. The highest BCUT2D eigenvalue weighted by molar-refractivity contribution is 7.98. The van der Waals surface area contributed by atoms with Crippen molar-refractivity contribution >= 4 is 23.4 Å². The van der Waals surface area contributed by atoms with Crippen molar-refractivity contribution in [3.63, 3.8) is 0 Å². The fraction of sp³-hybridized carbons (Fsp3) is 0.350. The largest absolute Gasteiger partial charge is 0.325 e. The monoisotopic (exact) mass is 340 g/mol. The maximum Gasteiger partial charge on any atom is 0.241 e. The zero-order valence-corrected chi connectivity index (χ0v) is 15.0. The number of carbonyl (C=O) groups excluding carboxylic acids is 1. The van der Waals surface area contributed by atoms with Crippen LogP contribution in [0.15, 0.2) is 59.5 Å². The predicted molar refractivity (Wildman–Crippen MR) is 101 cm³/mol. The Morgan fingerprint density at radius 3 is 2.33 bits per heavy atom. The lowest BCUT2D eigenvalue weighted by atomic mass is 10.0. The van der Waals surface area contributed by atoms with Gasteiger partial charge in [-0.3, -0.25) is 10.1 Å². The van der Waals surface area contributed by atoms with Gasteiger partial charge in [-0.1, -0.05) is 30.3 Å². The summed E-state index contributed by atoms with van der Waals surface area (Å²) in [7, 11) is 0. The maximum absolute atomic E-state index is 12.5. The van der Waals surface area contributed by atoms with Crippen LogP contribution >= 0.6 is 11.8 Å². The Labute approximate surface area is 148 Å². The van der Waals surface area contributed by atoms with Crippen molar-refractivity contribution in [3.05, 3.63) is 60.2 Å². The summed E-state index contributed by atoms with van der Waals surface area (Å²) in [5.74, 6) is 0.650. The molecule has 2 N–H and O–H groups in total. The van der Waals surface area contributed by atoms with E-state index < -0.39 is 0 Å². The minimum absolute atomic E-state index is 0.00785. The van der Waals surface area contributed by atoms with Gasteiger partial charge in [0.15, 0.2) is 0 Å². The average Bonchev–Trinajstić information content (AvgIpc) is 3.45. The molecule has 0 aliphatic heterocycles. The summed E-state index contributed by atoms with van der Waals surface area (Å²) in [4.78, 5) is 13.7. The van der Waals surface area contributed by atoms with Crippen LogP contribution in [0.25, 0.3) is 0 Å². The SMILES string of the molecule is CSc1ccc(NC(=O)C(C)NC(c2ccccc2)C2CC2)cc1. The molecule has 0 saturated heterocycles. The van der Waals surface area contributed by atoms with Crippen molar-refractivity contribution in [3.8, 4) is 0 Å². The molecule has 2 atom stereocenters. The Kier molecular flexibility index (Phi) is 5.59. The molecule has 0 heterocycles. The number of benzene rings is 2. The first-order chi connectivity index (χ1) is 11.7. The number of nitrogens with one attached hydrogen (secondary N) is 2. The average molecular weight is 340 g/mol. The lowest BCUT2D eigenvalue weighted by Gasteiger charge is -2.23. The maximum atomic E-state index is 12.5. The molecule has 2 aromatic carbocycles. The van der Waals surface area contributed by atoms with Crippen LogP contribution in [0.3, 0.4) is 0 Å². The summed E-state index contributed by atoms with van der Waals surface area (Å²) in [5.41, 5.74) is 2.11. The predicted octanol–water partition coefficient (Wildman–Crippen LogP) is 4.48. The molecule has 0 spiro atoms. The van der Waals surface area contributed by atoms with E-state index in [1.807, 2.05) is 43.5 Å². The standard InChI is InChI=1S/C20H24N2OS/c1-14(20(23)22-17-10-12-18(24-2)13-11-17)21-19(16-8-9-16)15-6-4-3-5-7-15/h3-7,10-14,16,19,21H,8-9H2,1-2H3,(H,22,23). The van der Waals surface area contributed by atoms with Gasteiger partial charge >= 0.3 is 0 Å². The van der Waals surface area contributed by atoms with Crippen molar-refractivity contribution < 1.29 is 4.79 Å². The van der Waals surface area contributed by atoms with Gasteiger partial charge in [-0.05, 0) is 61.8 Å². The van der Waals surface area contributed by atoms with E-state index in [-0.39, 0.29) is 18.0 Å². The van der Waals surface area contributed by atoms with Gasteiger partial charge in [0.1, 0.15) is 0 Å². The van der Waals surface area contributed by atoms with E-state index in [0.717, 1.165) is 5.69 Å². The Morgan fingerprint density at radius 2 is 1.75 bits per heavy atom. The molecule has 1 amide bonds. The molecule has 1 saturated carbocycles. The number of thioether (sulfide) groups is 1. The molecule has 1 aliphatic carbocycles. The van der Waals surface area contributed by atoms with Crippen LogP contribution in [0.2, 0.25) is 0 Å². The molecular weight excluding hydrogens is 316 g/mol. The molecule has 1 aliphatic rings. The number of anilines is 1. The number of hydrogen-bond donors (Lipinski definition) is 2. The molecular formula is C20H24N2OS. The van der Waals surface area contributed by atoms with Crippen LogP contribution < -0.4 is 10.6 Å². The number of rotatable bonds is 7. The zero-order chi connectivity index (χ0) is 16.9. The smallest absolute Gasteiger partial charge is 0.241 e. The first-order valence-electron chi connectivity index (χ1n) is 8.43. The molecule has 2 unspecified atom stereocenters. The minimum atomic E-state index is -0.240. The van der Waals surface area contributed by atoms with Crippen LogP contribution in [0.1, 0.15) is 31.4 Å². The molecule has 0 radical (unpaired) electrons. The van der Waals surface area contributed by atoms with Gasteiger partial charge in [-0.2, -0.15) is 0 Å². The third-order valence-corrected chi connectivity index (χ3v) is 5.18. The van der Waals surface area contributed by atoms with Crippen molar-refractivity contribution in [2.24, 2.45) is 5.92 Å². The van der Waals surface area contributed by atoms with E-state index >= 15 is 0 Å². The highest BCUT2D eigenvalue weighted by atomic mass is 32.2. The molecule has 0 aromatic heterocycles. The van der Waals surface area contributed by atoms with E-state index in [4.69, 9.17) is 0 Å². The summed E-state index contributed by atoms with van der Waals surface area (Å²) in [5, 5.41) is 6.52. The Bertz CT molecular complexity index is 668. The first kappa shape index (κ1) is 17.1. The van der Waals surface area contributed by atoms with Gasteiger partial charge in [-0.15, -0.1) is 11.8 Å². The Hall–Kier alpha value is -1.78. The molecule has 24 heavy (non-hydrogen) atoms. The van der Waals surface area contributed by atoms with Gasteiger partial charge in [0.2, 0.25) is 5.91 Å². The van der Waals surface area contributed by atoms with Crippen LogP contribution in [-0.2, 0) is 4.79 Å². The van der Waals surface area contributed by atoms with Crippen LogP contribution in [0.4, 0.5) is 5.69 Å². The highest BCUT2D eigenvalue weighted by Crippen LogP contribution is 2.41. The van der Waals surface area contributed by atoms with E-state index in [0.29, 0.717) is 5.92 Å². The summed E-state index contributed by atoms with van der Waals surface area (Å²) in [6.45, 7) is 1.93. The lowest BCUT2D eigenvalue weighted by Crippen LogP contribution is -2.40. The highest BCUT2D eigenvalue weighted by Gasteiger charge is 2.33. The molecule has 1 fully saturated rings. The fourth-order valence-electron chi connectivity index (χ4n) is 2.86. The number of carbonyl (C=O) groups is 1. The van der Waals surface area contributed by atoms with Gasteiger partial charge in [0.05, 0.1) is 6.04 Å². The van der Waals surface area contributed by atoms with E-state index in [1.54, 1.807) is 11.8 Å². The van der Waals surface area contributed by atoms with Crippen molar-refractivity contribution in [2.45, 2.75) is 36.7 Å². The van der Waals surface area contributed by atoms with Crippen LogP contribution in [-0.4, -0.2) is 18.2 Å². The van der Waals surface area contributed by atoms with E-state index in [9.17, 15) is 4.79 Å². The first-order valence-corrected chi connectivity index (χ1v) is 9.66. The molecule has 126 valence electrons. The van der Waals surface area contributed by atoms with Gasteiger partial charge in [0.25, 0.3) is 0 Å². The van der Waals surface area contributed by atoms with Crippen LogP contribution in [0.5, 0.6) is 0 Å². The molecule has 2 aromatic rings. The molecule has 0 bridgehead atoms. The molecule has 4 heteroatoms. The summed E-state index contributed by atoms with van der Waals surface area (Å²) < 4.78 is 0. The van der Waals surface area contributed by atoms with E-state index in [2.05, 4.69) is 34.9 Å². The second-order valence-electron chi connectivity index (χ2n) is 6.33.